The van der Waals surface area contributed by atoms with E-state index in [1.165, 1.54) is 6.92 Å². The molecule has 0 unspecified atom stereocenters. The molecule has 0 atom stereocenters. The Morgan fingerprint density at radius 2 is 1.94 bits per heavy atom. The molecule has 0 aliphatic carbocycles. The standard InChI is InChI=1S/C11H15N3O2/c1-8(15)13-14-10(16)11(2,3)9-6-4-5-7-12-9/h4-7H,1-3H3,(H,13,15)(H,14,16). The first kappa shape index (κ1) is 12.2. The largest absolute Gasteiger partial charge is 0.274 e. The van der Waals surface area contributed by atoms with Gasteiger partial charge in [0, 0.05) is 13.1 Å². The van der Waals surface area contributed by atoms with Crippen LogP contribution in [0, 0.1) is 0 Å². The predicted molar refractivity (Wildman–Crippen MR) is 59.2 cm³/mol. The van der Waals surface area contributed by atoms with Gasteiger partial charge in [-0.2, -0.15) is 0 Å². The molecule has 1 heterocycles. The third-order valence-corrected chi connectivity index (χ3v) is 2.22. The van der Waals surface area contributed by atoms with Crippen molar-refractivity contribution in [3.63, 3.8) is 0 Å². The van der Waals surface area contributed by atoms with Gasteiger partial charge in [0.2, 0.25) is 11.8 Å². The van der Waals surface area contributed by atoms with Gasteiger partial charge in [-0.25, -0.2) is 0 Å². The highest BCUT2D eigenvalue weighted by molar-refractivity contribution is 5.88. The van der Waals surface area contributed by atoms with E-state index in [1.54, 1.807) is 32.2 Å². The lowest BCUT2D eigenvalue weighted by Crippen LogP contribution is -2.48. The monoisotopic (exact) mass is 221 g/mol. The van der Waals surface area contributed by atoms with Gasteiger partial charge in [-0.3, -0.25) is 25.4 Å². The minimum absolute atomic E-state index is 0.304. The van der Waals surface area contributed by atoms with Crippen molar-refractivity contribution in [1.82, 2.24) is 15.8 Å². The summed E-state index contributed by atoms with van der Waals surface area (Å²) in [5.74, 6) is -0.619. The number of hydrogen-bond donors (Lipinski definition) is 2. The van der Waals surface area contributed by atoms with Crippen molar-refractivity contribution < 1.29 is 9.59 Å². The number of nitrogens with zero attached hydrogens (tertiary/aromatic N) is 1. The molecule has 0 aliphatic heterocycles. The lowest BCUT2D eigenvalue weighted by atomic mass is 9.88. The smallest absolute Gasteiger partial charge is 0.250 e. The summed E-state index contributed by atoms with van der Waals surface area (Å²) >= 11 is 0. The molecule has 86 valence electrons. The van der Waals surface area contributed by atoms with E-state index in [0.29, 0.717) is 5.69 Å². The third-order valence-electron chi connectivity index (χ3n) is 2.22. The van der Waals surface area contributed by atoms with E-state index in [4.69, 9.17) is 0 Å². The second kappa shape index (κ2) is 4.74. The van der Waals surface area contributed by atoms with Gasteiger partial charge in [0.15, 0.2) is 0 Å². The summed E-state index contributed by atoms with van der Waals surface area (Å²) in [6.45, 7) is 4.81. The van der Waals surface area contributed by atoms with E-state index in [-0.39, 0.29) is 11.8 Å². The van der Waals surface area contributed by atoms with Crippen LogP contribution in [0.3, 0.4) is 0 Å². The molecule has 16 heavy (non-hydrogen) atoms. The van der Waals surface area contributed by atoms with E-state index in [9.17, 15) is 9.59 Å². The minimum Gasteiger partial charge on any atom is -0.274 e. The van der Waals surface area contributed by atoms with Gasteiger partial charge in [-0.05, 0) is 26.0 Å². The topological polar surface area (TPSA) is 71.1 Å². The lowest BCUT2D eigenvalue weighted by molar-refractivity contribution is -0.131. The summed E-state index contributed by atoms with van der Waals surface area (Å²) in [6.07, 6.45) is 1.63. The number of nitrogens with one attached hydrogen (secondary N) is 2. The van der Waals surface area contributed by atoms with Crippen LogP contribution in [0.1, 0.15) is 26.5 Å². The second-order valence-electron chi connectivity index (χ2n) is 3.98. The third kappa shape index (κ3) is 2.79. The first-order valence-electron chi connectivity index (χ1n) is 4.93. The minimum atomic E-state index is -0.788. The molecule has 0 fully saturated rings. The number of amides is 2. The summed E-state index contributed by atoms with van der Waals surface area (Å²) in [4.78, 5) is 26.6. The maximum absolute atomic E-state index is 11.8. The van der Waals surface area contributed by atoms with Gasteiger partial charge in [-0.15, -0.1) is 0 Å². The van der Waals surface area contributed by atoms with Crippen LogP contribution in [-0.2, 0) is 15.0 Å². The Hall–Kier alpha value is -1.91. The zero-order chi connectivity index (χ0) is 12.2. The van der Waals surface area contributed by atoms with Crippen LogP contribution in [0.5, 0.6) is 0 Å². The second-order valence-corrected chi connectivity index (χ2v) is 3.98. The molecule has 0 aliphatic rings. The zero-order valence-corrected chi connectivity index (χ0v) is 9.57. The number of hydrazine groups is 1. The van der Waals surface area contributed by atoms with Crippen LogP contribution in [-0.4, -0.2) is 16.8 Å². The molecule has 0 spiro atoms. The fraction of sp³-hybridized carbons (Fsp3) is 0.364. The molecule has 0 aromatic carbocycles. The summed E-state index contributed by atoms with van der Waals surface area (Å²) in [5.41, 5.74) is 4.46. The molecule has 0 saturated heterocycles. The quantitative estimate of drug-likeness (QED) is 0.715. The summed E-state index contributed by atoms with van der Waals surface area (Å²) in [7, 11) is 0. The molecule has 1 aromatic heterocycles. The summed E-state index contributed by atoms with van der Waals surface area (Å²) in [5, 5.41) is 0. The molecule has 5 nitrogen and oxygen atoms in total. The Bertz CT molecular complexity index is 387. The van der Waals surface area contributed by atoms with Crippen LogP contribution in [0.4, 0.5) is 0 Å². The predicted octanol–water partition coefficient (Wildman–Crippen LogP) is 0.526. The highest BCUT2D eigenvalue weighted by Crippen LogP contribution is 2.20. The van der Waals surface area contributed by atoms with Crippen LogP contribution >= 0.6 is 0 Å². The van der Waals surface area contributed by atoms with Crippen LogP contribution in [0.25, 0.3) is 0 Å². The molecule has 0 saturated carbocycles. The van der Waals surface area contributed by atoms with Crippen LogP contribution in [0.15, 0.2) is 24.4 Å². The maximum Gasteiger partial charge on any atom is 0.250 e. The van der Waals surface area contributed by atoms with Gasteiger partial charge < -0.3 is 0 Å². The van der Waals surface area contributed by atoms with Crippen LogP contribution in [0.2, 0.25) is 0 Å². The number of aromatic nitrogens is 1. The van der Waals surface area contributed by atoms with Crippen molar-refractivity contribution in [1.29, 1.82) is 0 Å². The van der Waals surface area contributed by atoms with Gasteiger partial charge in [0.05, 0.1) is 11.1 Å². The molecule has 0 radical (unpaired) electrons. The van der Waals surface area contributed by atoms with E-state index in [1.807, 2.05) is 6.07 Å². The highest BCUT2D eigenvalue weighted by atomic mass is 16.2. The first-order valence-corrected chi connectivity index (χ1v) is 4.93. The van der Waals surface area contributed by atoms with Gasteiger partial charge in [0.1, 0.15) is 0 Å². The fourth-order valence-electron chi connectivity index (χ4n) is 1.15. The molecule has 1 aromatic rings. The van der Waals surface area contributed by atoms with Crippen molar-refractivity contribution >= 4 is 11.8 Å². The fourth-order valence-corrected chi connectivity index (χ4v) is 1.15. The van der Waals surface area contributed by atoms with Crippen molar-refractivity contribution in [2.45, 2.75) is 26.2 Å². The maximum atomic E-state index is 11.8. The van der Waals surface area contributed by atoms with Gasteiger partial charge in [0.25, 0.3) is 0 Å². The SMILES string of the molecule is CC(=O)NNC(=O)C(C)(C)c1ccccn1. The number of rotatable bonds is 2. The lowest BCUT2D eigenvalue weighted by Gasteiger charge is -2.22. The molecule has 0 bridgehead atoms. The molecular formula is C11H15N3O2. The van der Waals surface area contributed by atoms with E-state index >= 15 is 0 Å². The first-order chi connectivity index (χ1) is 7.44. The highest BCUT2D eigenvalue weighted by Gasteiger charge is 2.31. The molecular weight excluding hydrogens is 206 g/mol. The van der Waals surface area contributed by atoms with Crippen molar-refractivity contribution in [2.24, 2.45) is 0 Å². The Morgan fingerprint density at radius 3 is 2.44 bits per heavy atom. The van der Waals surface area contributed by atoms with E-state index in [2.05, 4.69) is 15.8 Å². The average Bonchev–Trinajstić information content (AvgIpc) is 2.27. The van der Waals surface area contributed by atoms with Gasteiger partial charge in [-0.1, -0.05) is 6.07 Å². The normalized spacial score (nSPS) is 10.7. The van der Waals surface area contributed by atoms with E-state index in [0.717, 1.165) is 0 Å². The summed E-state index contributed by atoms with van der Waals surface area (Å²) in [6, 6.07) is 5.37. The Morgan fingerprint density at radius 1 is 1.25 bits per heavy atom. The molecule has 1 rings (SSSR count). The van der Waals surface area contributed by atoms with Gasteiger partial charge >= 0.3 is 0 Å². The Kier molecular flexibility index (Phi) is 3.60. The Labute approximate surface area is 94.2 Å². The van der Waals surface area contributed by atoms with Crippen LogP contribution < -0.4 is 10.9 Å². The number of carbonyl (C=O) groups is 2. The summed E-state index contributed by atoms with van der Waals surface area (Å²) < 4.78 is 0. The number of hydrogen-bond acceptors (Lipinski definition) is 3. The Balaban J connectivity index is 2.78. The molecule has 2 amide bonds. The average molecular weight is 221 g/mol. The molecule has 5 heteroatoms. The zero-order valence-electron chi connectivity index (χ0n) is 9.57. The van der Waals surface area contributed by atoms with Crippen molar-refractivity contribution in [3.8, 4) is 0 Å². The molecule has 2 N–H and O–H groups in total. The van der Waals surface area contributed by atoms with Crippen molar-refractivity contribution in [2.75, 3.05) is 0 Å². The van der Waals surface area contributed by atoms with Crippen molar-refractivity contribution in [3.05, 3.63) is 30.1 Å². The number of pyridine rings is 1. The van der Waals surface area contributed by atoms with E-state index < -0.39 is 5.41 Å². The number of carbonyl (C=O) groups excluding carboxylic acids is 2.